The van der Waals surface area contributed by atoms with E-state index in [2.05, 4.69) is 20.2 Å². The summed E-state index contributed by atoms with van der Waals surface area (Å²) in [6, 6.07) is 6.37. The molecule has 156 valence electrons. The molecule has 3 aromatic rings. The predicted octanol–water partition coefficient (Wildman–Crippen LogP) is 3.51. The Hall–Kier alpha value is -2.37. The summed E-state index contributed by atoms with van der Waals surface area (Å²) in [5, 5.41) is 12.3. The monoisotopic (exact) mass is 447 g/mol. The largest absolute Gasteiger partial charge is 0.490 e. The Labute approximate surface area is 172 Å². The molecule has 1 fully saturated rings. The lowest BCUT2D eigenvalue weighted by atomic mass is 10.2. The number of alkyl halides is 3. The predicted molar refractivity (Wildman–Crippen MR) is 108 cm³/mol. The first kappa shape index (κ1) is 21.3. The molecule has 1 aliphatic heterocycles. The molecule has 4 rings (SSSR count). The van der Waals surface area contributed by atoms with Crippen molar-refractivity contribution in [3.8, 4) is 0 Å². The molecule has 1 aromatic carbocycles. The number of carboxylic acids is 1. The highest BCUT2D eigenvalue weighted by atomic mass is 35.5. The maximum Gasteiger partial charge on any atom is 0.490 e. The van der Waals surface area contributed by atoms with Crippen LogP contribution in [0.1, 0.15) is 6.42 Å². The Morgan fingerprint density at radius 1 is 1.41 bits per heavy atom. The summed E-state index contributed by atoms with van der Waals surface area (Å²) in [6.45, 7) is 1.92. The van der Waals surface area contributed by atoms with E-state index in [1.807, 2.05) is 25.2 Å². The van der Waals surface area contributed by atoms with Crippen molar-refractivity contribution >= 4 is 61.0 Å². The fourth-order valence-electron chi connectivity index (χ4n) is 3.02. The van der Waals surface area contributed by atoms with E-state index >= 15 is 0 Å². The number of likely N-dealkylation sites (N-methyl/N-ethyl adjacent to an activating group) is 1. The normalized spacial score (nSPS) is 16.9. The van der Waals surface area contributed by atoms with Crippen LogP contribution in [-0.2, 0) is 4.79 Å². The number of carbonyl (C=O) groups is 1. The minimum atomic E-state index is -5.08. The summed E-state index contributed by atoms with van der Waals surface area (Å²) >= 11 is 7.79. The molecule has 29 heavy (non-hydrogen) atoms. The summed E-state index contributed by atoms with van der Waals surface area (Å²) < 4.78 is 33.9. The number of nitrogen functional groups attached to an aromatic ring is 1. The standard InChI is InChI=1S/C15H16ClN5S.C2HF3O2/c1-18-9-4-5-21(7-9)14-13-12(19-15(17)20-14)10-3-2-8(16)6-11(10)22-13;3-2(4,5)1(6)7/h2-3,6,9,18H,4-5,7H2,1H3,(H2,17,19,20);(H,6,7)/t9-;/m1./s1. The van der Waals surface area contributed by atoms with Crippen molar-refractivity contribution < 1.29 is 23.1 Å². The summed E-state index contributed by atoms with van der Waals surface area (Å²) in [6.07, 6.45) is -3.97. The zero-order valence-corrected chi connectivity index (χ0v) is 16.7. The molecular weight excluding hydrogens is 431 g/mol. The Balaban J connectivity index is 0.000000298. The number of hydrogen-bond donors (Lipinski definition) is 3. The molecule has 0 bridgehead atoms. The van der Waals surface area contributed by atoms with Gasteiger partial charge in [0.15, 0.2) is 5.82 Å². The zero-order chi connectivity index (χ0) is 21.3. The summed E-state index contributed by atoms with van der Waals surface area (Å²) in [5.41, 5.74) is 6.88. The van der Waals surface area contributed by atoms with Crippen LogP contribution in [0.2, 0.25) is 5.02 Å². The smallest absolute Gasteiger partial charge is 0.475 e. The summed E-state index contributed by atoms with van der Waals surface area (Å²) in [7, 11) is 2.00. The molecule has 12 heteroatoms. The molecule has 1 saturated heterocycles. The topological polar surface area (TPSA) is 104 Å². The first-order chi connectivity index (χ1) is 13.6. The zero-order valence-electron chi connectivity index (χ0n) is 15.1. The number of nitrogens with one attached hydrogen (secondary N) is 1. The Morgan fingerprint density at radius 3 is 2.69 bits per heavy atom. The summed E-state index contributed by atoms with van der Waals surface area (Å²) in [5.74, 6) is -1.49. The van der Waals surface area contributed by atoms with E-state index in [1.165, 1.54) is 0 Å². The lowest BCUT2D eigenvalue weighted by Crippen LogP contribution is -2.30. The second-order valence-corrected chi connectivity index (χ2v) is 7.84. The molecule has 4 N–H and O–H groups in total. The van der Waals surface area contributed by atoms with Gasteiger partial charge in [-0.15, -0.1) is 11.3 Å². The molecule has 0 unspecified atom stereocenters. The Kier molecular flexibility index (Phi) is 6.01. The van der Waals surface area contributed by atoms with Crippen molar-refractivity contribution in [2.24, 2.45) is 0 Å². The average molecular weight is 448 g/mol. The summed E-state index contributed by atoms with van der Waals surface area (Å²) in [4.78, 5) is 20.2. The third-order valence-electron chi connectivity index (χ3n) is 4.41. The van der Waals surface area contributed by atoms with E-state index in [9.17, 15) is 13.2 Å². The second-order valence-electron chi connectivity index (χ2n) is 6.35. The van der Waals surface area contributed by atoms with E-state index in [0.717, 1.165) is 50.7 Å². The van der Waals surface area contributed by atoms with Gasteiger partial charge >= 0.3 is 12.1 Å². The number of thiophene rings is 1. The Morgan fingerprint density at radius 2 is 2.10 bits per heavy atom. The molecule has 0 aliphatic carbocycles. The lowest BCUT2D eigenvalue weighted by Gasteiger charge is -2.18. The van der Waals surface area contributed by atoms with E-state index in [0.29, 0.717) is 12.0 Å². The van der Waals surface area contributed by atoms with Crippen LogP contribution < -0.4 is 16.0 Å². The quantitative estimate of drug-likeness (QED) is 0.552. The number of hydrogen-bond acceptors (Lipinski definition) is 7. The number of nitrogens with zero attached hydrogens (tertiary/aromatic N) is 3. The van der Waals surface area contributed by atoms with Crippen molar-refractivity contribution in [2.45, 2.75) is 18.6 Å². The van der Waals surface area contributed by atoms with Crippen LogP contribution in [-0.4, -0.2) is 53.4 Å². The fourth-order valence-corrected chi connectivity index (χ4v) is 4.46. The fraction of sp³-hybridized carbons (Fsp3) is 0.353. The van der Waals surface area contributed by atoms with Crippen molar-refractivity contribution in [1.82, 2.24) is 15.3 Å². The van der Waals surface area contributed by atoms with E-state index in [-0.39, 0.29) is 0 Å². The van der Waals surface area contributed by atoms with Gasteiger partial charge in [0.25, 0.3) is 0 Å². The van der Waals surface area contributed by atoms with Gasteiger partial charge in [-0.3, -0.25) is 0 Å². The minimum Gasteiger partial charge on any atom is -0.475 e. The first-order valence-electron chi connectivity index (χ1n) is 8.47. The van der Waals surface area contributed by atoms with E-state index in [4.69, 9.17) is 27.2 Å². The molecule has 0 saturated carbocycles. The van der Waals surface area contributed by atoms with Gasteiger partial charge < -0.3 is 21.1 Å². The molecule has 1 atom stereocenters. The number of benzene rings is 1. The number of aromatic nitrogens is 2. The van der Waals surface area contributed by atoms with Crippen molar-refractivity contribution in [2.75, 3.05) is 30.8 Å². The lowest BCUT2D eigenvalue weighted by molar-refractivity contribution is -0.192. The van der Waals surface area contributed by atoms with Crippen molar-refractivity contribution in [3.05, 3.63) is 23.2 Å². The third kappa shape index (κ3) is 4.62. The number of rotatable bonds is 2. The highest BCUT2D eigenvalue weighted by molar-refractivity contribution is 7.26. The SMILES string of the molecule is CN[C@@H]1CCN(c2nc(N)nc3c2sc2cc(Cl)ccc23)C1.O=C(O)C(F)(F)F. The van der Waals surface area contributed by atoms with Gasteiger partial charge in [0.1, 0.15) is 0 Å². The van der Waals surface area contributed by atoms with Crippen molar-refractivity contribution in [3.63, 3.8) is 0 Å². The number of aliphatic carboxylic acids is 1. The van der Waals surface area contributed by atoms with Crippen LogP contribution in [0.4, 0.5) is 24.9 Å². The third-order valence-corrected chi connectivity index (χ3v) is 5.79. The molecular formula is C17H17ClF3N5O2S. The Bertz CT molecular complexity index is 1060. The molecule has 0 spiro atoms. The maximum absolute atomic E-state index is 10.6. The number of anilines is 2. The average Bonchev–Trinajstić information content (AvgIpc) is 3.25. The molecule has 2 aromatic heterocycles. The van der Waals surface area contributed by atoms with Gasteiger partial charge in [0, 0.05) is 34.2 Å². The van der Waals surface area contributed by atoms with Crippen LogP contribution in [0.15, 0.2) is 18.2 Å². The van der Waals surface area contributed by atoms with Gasteiger partial charge in [0.2, 0.25) is 5.95 Å². The van der Waals surface area contributed by atoms with Crippen molar-refractivity contribution in [1.29, 1.82) is 0 Å². The van der Waals surface area contributed by atoms with Gasteiger partial charge in [-0.25, -0.2) is 9.78 Å². The number of halogens is 4. The second kappa shape index (κ2) is 8.17. The maximum atomic E-state index is 10.6. The highest BCUT2D eigenvalue weighted by Gasteiger charge is 2.38. The van der Waals surface area contributed by atoms with Gasteiger partial charge in [0.05, 0.1) is 10.2 Å². The van der Waals surface area contributed by atoms with Crippen LogP contribution in [0, 0.1) is 0 Å². The van der Waals surface area contributed by atoms with Gasteiger partial charge in [-0.05, 0) is 31.7 Å². The van der Waals surface area contributed by atoms with Crippen LogP contribution in [0.25, 0.3) is 20.3 Å². The van der Waals surface area contributed by atoms with E-state index < -0.39 is 12.1 Å². The molecule has 3 heterocycles. The van der Waals surface area contributed by atoms with Gasteiger partial charge in [-0.1, -0.05) is 11.6 Å². The molecule has 0 amide bonds. The van der Waals surface area contributed by atoms with Crippen LogP contribution >= 0.6 is 22.9 Å². The molecule has 7 nitrogen and oxygen atoms in total. The van der Waals surface area contributed by atoms with Crippen LogP contribution in [0.3, 0.4) is 0 Å². The van der Waals surface area contributed by atoms with E-state index in [1.54, 1.807) is 11.3 Å². The molecule has 1 aliphatic rings. The number of fused-ring (bicyclic) bond motifs is 3. The minimum absolute atomic E-state index is 0.324. The first-order valence-corrected chi connectivity index (χ1v) is 9.67. The number of carboxylic acid groups (broad SMARTS) is 1. The van der Waals surface area contributed by atoms with Gasteiger partial charge in [-0.2, -0.15) is 18.2 Å². The molecule has 0 radical (unpaired) electrons. The highest BCUT2D eigenvalue weighted by Crippen LogP contribution is 2.39. The number of nitrogens with two attached hydrogens (primary N) is 1. The van der Waals surface area contributed by atoms with Crippen LogP contribution in [0.5, 0.6) is 0 Å².